The van der Waals surface area contributed by atoms with E-state index in [1.54, 1.807) is 29.6 Å². The van der Waals surface area contributed by atoms with E-state index in [0.717, 1.165) is 12.1 Å². The van der Waals surface area contributed by atoms with Gasteiger partial charge in [-0.1, -0.05) is 12.1 Å². The number of amides is 2. The summed E-state index contributed by atoms with van der Waals surface area (Å²) in [6, 6.07) is 10.6. The molecule has 0 atom stereocenters. The van der Waals surface area contributed by atoms with Gasteiger partial charge in [0.15, 0.2) is 0 Å². The highest BCUT2D eigenvalue weighted by Gasteiger charge is 2.30. The number of hydrogen-bond acceptors (Lipinski definition) is 4. The van der Waals surface area contributed by atoms with Gasteiger partial charge in [-0.3, -0.25) is 9.59 Å². The molecule has 3 rings (SSSR count). The minimum atomic E-state index is -4.54. The lowest BCUT2D eigenvalue weighted by atomic mass is 10.2. The molecular formula is C19H13F3N2O3S. The third kappa shape index (κ3) is 4.89. The molecule has 0 unspecified atom stereocenters. The van der Waals surface area contributed by atoms with Gasteiger partial charge in [0.05, 0.1) is 16.7 Å². The van der Waals surface area contributed by atoms with Gasteiger partial charge in [0.2, 0.25) is 0 Å². The van der Waals surface area contributed by atoms with E-state index in [4.69, 9.17) is 4.42 Å². The van der Waals surface area contributed by atoms with Crippen molar-refractivity contribution in [1.82, 2.24) is 5.32 Å². The molecule has 0 aliphatic carbocycles. The summed E-state index contributed by atoms with van der Waals surface area (Å²) in [7, 11) is 0. The second-order valence-electron chi connectivity index (χ2n) is 5.54. The molecule has 0 radical (unpaired) electrons. The minimum Gasteiger partial charge on any atom is -0.465 e. The highest BCUT2D eigenvalue weighted by Crippen LogP contribution is 2.30. The van der Waals surface area contributed by atoms with Gasteiger partial charge >= 0.3 is 6.18 Å². The Balaban J connectivity index is 1.84. The van der Waals surface area contributed by atoms with E-state index in [-0.39, 0.29) is 11.4 Å². The molecule has 0 aliphatic rings. The number of rotatable bonds is 5. The molecule has 2 amide bonds. The van der Waals surface area contributed by atoms with E-state index in [2.05, 4.69) is 10.6 Å². The molecule has 0 saturated carbocycles. The molecule has 9 heteroatoms. The summed E-state index contributed by atoms with van der Waals surface area (Å²) < 4.78 is 43.7. The third-order valence-corrected chi connectivity index (χ3v) is 4.38. The Morgan fingerprint density at radius 3 is 2.54 bits per heavy atom. The standard InChI is InChI=1S/C19H13F3N2O3S/c20-19(21,22)12-4-1-5-13(10-12)23-17(25)15(11-14-6-2-8-27-14)24-18(26)16-7-3-9-28-16/h1-11H,(H,23,25)(H,24,26). The summed E-state index contributed by atoms with van der Waals surface area (Å²) in [6.07, 6.45) is -1.87. The molecule has 2 N–H and O–H groups in total. The number of anilines is 1. The quantitative estimate of drug-likeness (QED) is 0.600. The molecular weight excluding hydrogens is 393 g/mol. The summed E-state index contributed by atoms with van der Waals surface area (Å²) in [5.74, 6) is -1.02. The maximum Gasteiger partial charge on any atom is 0.416 e. The van der Waals surface area contributed by atoms with Crippen molar-refractivity contribution < 1.29 is 27.2 Å². The van der Waals surface area contributed by atoms with Crippen LogP contribution in [0.25, 0.3) is 6.08 Å². The number of carbonyl (C=O) groups is 2. The lowest BCUT2D eigenvalue weighted by molar-refractivity contribution is -0.137. The molecule has 2 heterocycles. The number of carbonyl (C=O) groups excluding carboxylic acids is 2. The van der Waals surface area contributed by atoms with Gasteiger partial charge in [0.1, 0.15) is 11.5 Å². The lowest BCUT2D eigenvalue weighted by Crippen LogP contribution is -2.30. The Bertz CT molecular complexity index is 994. The monoisotopic (exact) mass is 406 g/mol. The van der Waals surface area contributed by atoms with Crippen LogP contribution in [-0.2, 0) is 11.0 Å². The molecule has 0 aliphatic heterocycles. The maximum absolute atomic E-state index is 12.9. The first-order valence-corrected chi connectivity index (χ1v) is 8.79. The Labute approximate surface area is 161 Å². The van der Waals surface area contributed by atoms with Crippen LogP contribution in [0.2, 0.25) is 0 Å². The SMILES string of the molecule is O=C(Nc1cccc(C(F)(F)F)c1)C(=Cc1ccco1)NC(=O)c1cccs1. The molecule has 5 nitrogen and oxygen atoms in total. The van der Waals surface area contributed by atoms with Crippen LogP contribution in [0.3, 0.4) is 0 Å². The third-order valence-electron chi connectivity index (χ3n) is 3.52. The van der Waals surface area contributed by atoms with Crippen molar-refractivity contribution in [1.29, 1.82) is 0 Å². The van der Waals surface area contributed by atoms with Crippen molar-refractivity contribution in [3.8, 4) is 0 Å². The summed E-state index contributed by atoms with van der Waals surface area (Å²) in [6.45, 7) is 0. The van der Waals surface area contributed by atoms with Crippen LogP contribution in [0.4, 0.5) is 18.9 Å². The zero-order valence-electron chi connectivity index (χ0n) is 14.1. The van der Waals surface area contributed by atoms with Crippen LogP contribution in [0.1, 0.15) is 21.0 Å². The molecule has 0 bridgehead atoms. The smallest absolute Gasteiger partial charge is 0.416 e. The van der Waals surface area contributed by atoms with Crippen LogP contribution in [-0.4, -0.2) is 11.8 Å². The van der Waals surface area contributed by atoms with Gasteiger partial charge < -0.3 is 15.1 Å². The summed E-state index contributed by atoms with van der Waals surface area (Å²) in [5, 5.41) is 6.52. The second kappa shape index (κ2) is 8.13. The summed E-state index contributed by atoms with van der Waals surface area (Å²) in [4.78, 5) is 25.2. The Kier molecular flexibility index (Phi) is 5.65. The normalized spacial score (nSPS) is 11.9. The predicted molar refractivity (Wildman–Crippen MR) is 98.5 cm³/mol. The summed E-state index contributed by atoms with van der Waals surface area (Å²) in [5.41, 5.74) is -1.13. The van der Waals surface area contributed by atoms with E-state index in [9.17, 15) is 22.8 Å². The number of benzene rings is 1. The molecule has 0 saturated heterocycles. The molecule has 3 aromatic rings. The highest BCUT2D eigenvalue weighted by molar-refractivity contribution is 7.12. The van der Waals surface area contributed by atoms with Gasteiger partial charge in [0, 0.05) is 11.8 Å². The number of hydrogen-bond donors (Lipinski definition) is 2. The molecule has 2 aromatic heterocycles. The number of thiophene rings is 1. The van der Waals surface area contributed by atoms with Crippen LogP contribution in [0.5, 0.6) is 0 Å². The van der Waals surface area contributed by atoms with E-state index in [0.29, 0.717) is 10.6 Å². The zero-order chi connectivity index (χ0) is 20.1. The predicted octanol–water partition coefficient (Wildman–Crippen LogP) is 4.77. The largest absolute Gasteiger partial charge is 0.465 e. The topological polar surface area (TPSA) is 71.3 Å². The van der Waals surface area contributed by atoms with Gasteiger partial charge in [-0.15, -0.1) is 11.3 Å². The Hall–Kier alpha value is -3.33. The van der Waals surface area contributed by atoms with Crippen molar-refractivity contribution in [2.45, 2.75) is 6.18 Å². The molecule has 0 fully saturated rings. The van der Waals surface area contributed by atoms with Crippen molar-refractivity contribution in [3.63, 3.8) is 0 Å². The van der Waals surface area contributed by atoms with E-state index < -0.39 is 23.6 Å². The van der Waals surface area contributed by atoms with Crippen molar-refractivity contribution in [3.05, 3.63) is 82.1 Å². The van der Waals surface area contributed by atoms with Crippen LogP contribution < -0.4 is 10.6 Å². The number of nitrogens with one attached hydrogen (secondary N) is 2. The zero-order valence-corrected chi connectivity index (χ0v) is 14.9. The molecule has 0 spiro atoms. The van der Waals surface area contributed by atoms with Gasteiger partial charge in [-0.05, 0) is 41.8 Å². The fraction of sp³-hybridized carbons (Fsp3) is 0.0526. The summed E-state index contributed by atoms with van der Waals surface area (Å²) >= 11 is 1.18. The van der Waals surface area contributed by atoms with E-state index in [1.807, 2.05) is 0 Å². The molecule has 144 valence electrons. The minimum absolute atomic E-state index is 0.0597. The highest BCUT2D eigenvalue weighted by atomic mass is 32.1. The first-order valence-electron chi connectivity index (χ1n) is 7.91. The van der Waals surface area contributed by atoms with E-state index >= 15 is 0 Å². The van der Waals surface area contributed by atoms with Crippen molar-refractivity contribution >= 4 is 34.9 Å². The Morgan fingerprint density at radius 2 is 1.89 bits per heavy atom. The molecule has 28 heavy (non-hydrogen) atoms. The lowest BCUT2D eigenvalue weighted by Gasteiger charge is -2.12. The van der Waals surface area contributed by atoms with Crippen molar-refractivity contribution in [2.75, 3.05) is 5.32 Å². The number of furan rings is 1. The van der Waals surface area contributed by atoms with Gasteiger partial charge in [-0.2, -0.15) is 13.2 Å². The fourth-order valence-electron chi connectivity index (χ4n) is 2.24. The van der Waals surface area contributed by atoms with Crippen LogP contribution in [0, 0.1) is 0 Å². The van der Waals surface area contributed by atoms with Gasteiger partial charge in [0.25, 0.3) is 11.8 Å². The first kappa shape index (κ1) is 19.4. The van der Waals surface area contributed by atoms with Gasteiger partial charge in [-0.25, -0.2) is 0 Å². The Morgan fingerprint density at radius 1 is 1.07 bits per heavy atom. The first-order chi connectivity index (χ1) is 13.3. The average Bonchev–Trinajstić information content (AvgIpc) is 3.34. The molecule has 1 aromatic carbocycles. The van der Waals surface area contributed by atoms with Crippen molar-refractivity contribution in [2.24, 2.45) is 0 Å². The number of alkyl halides is 3. The van der Waals surface area contributed by atoms with E-state index in [1.165, 1.54) is 35.8 Å². The maximum atomic E-state index is 12.9. The fourth-order valence-corrected chi connectivity index (χ4v) is 2.86. The van der Waals surface area contributed by atoms with Crippen LogP contribution in [0.15, 0.2) is 70.3 Å². The van der Waals surface area contributed by atoms with Crippen LogP contribution >= 0.6 is 11.3 Å². The number of halogens is 3. The average molecular weight is 406 g/mol. The second-order valence-corrected chi connectivity index (χ2v) is 6.49.